The van der Waals surface area contributed by atoms with E-state index < -0.39 is 0 Å². The Kier molecular flexibility index (Phi) is 5.04. The van der Waals surface area contributed by atoms with Gasteiger partial charge in [-0.25, -0.2) is 4.39 Å². The first-order valence-corrected chi connectivity index (χ1v) is 7.70. The quantitative estimate of drug-likeness (QED) is 0.789. The summed E-state index contributed by atoms with van der Waals surface area (Å²) in [5.41, 5.74) is 1.01. The smallest absolute Gasteiger partial charge is 0.124 e. The Bertz CT molecular complexity index is 386. The van der Waals surface area contributed by atoms with Crippen LogP contribution in [0.2, 0.25) is 0 Å². The molecule has 2 rings (SSSR count). The van der Waals surface area contributed by atoms with Gasteiger partial charge in [-0.05, 0) is 65.7 Å². The Labute approximate surface area is 117 Å². The zero-order chi connectivity index (χ0) is 13.0. The van der Waals surface area contributed by atoms with Crippen molar-refractivity contribution in [3.05, 3.63) is 28.5 Å². The first-order valence-electron chi connectivity index (χ1n) is 6.90. The van der Waals surface area contributed by atoms with Gasteiger partial charge in [-0.1, -0.05) is 19.8 Å². The van der Waals surface area contributed by atoms with Crippen molar-refractivity contribution in [2.45, 2.75) is 51.5 Å². The van der Waals surface area contributed by atoms with Crippen LogP contribution in [0.1, 0.15) is 45.4 Å². The molecule has 1 nitrogen and oxygen atoms in total. The van der Waals surface area contributed by atoms with Gasteiger partial charge in [0, 0.05) is 16.2 Å². The third kappa shape index (κ3) is 3.71. The fraction of sp³-hybridized carbons (Fsp3) is 0.600. The van der Waals surface area contributed by atoms with Crippen LogP contribution < -0.4 is 5.32 Å². The van der Waals surface area contributed by atoms with Crippen molar-refractivity contribution in [1.82, 2.24) is 0 Å². The maximum absolute atomic E-state index is 13.0. The normalized spacial score (nSPS) is 23.9. The summed E-state index contributed by atoms with van der Waals surface area (Å²) in [7, 11) is 0. The SMILES string of the molecule is CCCC1CCC(Nc2ccc(F)cc2Br)CC1. The molecular formula is C15H21BrFN. The van der Waals surface area contributed by atoms with Gasteiger partial charge in [0.05, 0.1) is 0 Å². The lowest BCUT2D eigenvalue weighted by molar-refractivity contribution is 0.319. The molecule has 0 amide bonds. The molecule has 1 fully saturated rings. The van der Waals surface area contributed by atoms with Gasteiger partial charge in [0.25, 0.3) is 0 Å². The average Bonchev–Trinajstić information content (AvgIpc) is 2.35. The molecule has 0 saturated heterocycles. The number of benzene rings is 1. The number of hydrogen-bond acceptors (Lipinski definition) is 1. The third-order valence-electron chi connectivity index (χ3n) is 3.83. The van der Waals surface area contributed by atoms with E-state index in [2.05, 4.69) is 28.2 Å². The molecule has 0 unspecified atom stereocenters. The Morgan fingerprint density at radius 3 is 2.61 bits per heavy atom. The van der Waals surface area contributed by atoms with E-state index in [9.17, 15) is 4.39 Å². The molecule has 1 aliphatic rings. The van der Waals surface area contributed by atoms with E-state index in [4.69, 9.17) is 0 Å². The predicted molar refractivity (Wildman–Crippen MR) is 78.4 cm³/mol. The van der Waals surface area contributed by atoms with Crippen molar-refractivity contribution in [3.63, 3.8) is 0 Å². The van der Waals surface area contributed by atoms with E-state index in [0.717, 1.165) is 16.1 Å². The zero-order valence-corrected chi connectivity index (χ0v) is 12.5. The van der Waals surface area contributed by atoms with Gasteiger partial charge in [-0.2, -0.15) is 0 Å². The first kappa shape index (κ1) is 13.9. The number of rotatable bonds is 4. The standard InChI is InChI=1S/C15H21BrFN/c1-2-3-11-4-7-13(8-5-11)18-15-9-6-12(17)10-14(15)16/h6,9-11,13,18H,2-5,7-8H2,1H3. The van der Waals surface area contributed by atoms with Crippen LogP contribution in [0.4, 0.5) is 10.1 Å². The van der Waals surface area contributed by atoms with Crippen molar-refractivity contribution in [1.29, 1.82) is 0 Å². The topological polar surface area (TPSA) is 12.0 Å². The minimum absolute atomic E-state index is 0.195. The minimum Gasteiger partial charge on any atom is -0.381 e. The average molecular weight is 314 g/mol. The minimum atomic E-state index is -0.195. The molecule has 0 bridgehead atoms. The van der Waals surface area contributed by atoms with E-state index in [1.165, 1.54) is 50.7 Å². The van der Waals surface area contributed by atoms with Crippen LogP contribution in [0, 0.1) is 11.7 Å². The van der Waals surface area contributed by atoms with Crippen molar-refractivity contribution in [2.24, 2.45) is 5.92 Å². The lowest BCUT2D eigenvalue weighted by Crippen LogP contribution is -2.26. The molecule has 0 spiro atoms. The second-order valence-electron chi connectivity index (χ2n) is 5.27. The van der Waals surface area contributed by atoms with Crippen LogP contribution in [-0.4, -0.2) is 6.04 Å². The second-order valence-corrected chi connectivity index (χ2v) is 6.13. The van der Waals surface area contributed by atoms with Crippen LogP contribution >= 0.6 is 15.9 Å². The summed E-state index contributed by atoms with van der Waals surface area (Å²) in [6.45, 7) is 2.26. The number of hydrogen-bond donors (Lipinski definition) is 1. The van der Waals surface area contributed by atoms with Crippen molar-refractivity contribution >= 4 is 21.6 Å². The van der Waals surface area contributed by atoms with Gasteiger partial charge < -0.3 is 5.32 Å². The monoisotopic (exact) mass is 313 g/mol. The molecule has 1 N–H and O–H groups in total. The van der Waals surface area contributed by atoms with Gasteiger partial charge >= 0.3 is 0 Å². The lowest BCUT2D eigenvalue weighted by atomic mass is 9.83. The Morgan fingerprint density at radius 2 is 2.00 bits per heavy atom. The van der Waals surface area contributed by atoms with Crippen LogP contribution in [0.5, 0.6) is 0 Å². The van der Waals surface area contributed by atoms with Crippen LogP contribution in [0.15, 0.2) is 22.7 Å². The third-order valence-corrected chi connectivity index (χ3v) is 4.49. The summed E-state index contributed by atoms with van der Waals surface area (Å²) in [5.74, 6) is 0.726. The molecular weight excluding hydrogens is 293 g/mol. The number of nitrogens with one attached hydrogen (secondary N) is 1. The molecule has 1 aromatic rings. The lowest BCUT2D eigenvalue weighted by Gasteiger charge is -2.30. The molecule has 1 aliphatic carbocycles. The van der Waals surface area contributed by atoms with Crippen molar-refractivity contribution < 1.29 is 4.39 Å². The molecule has 3 heteroatoms. The first-order chi connectivity index (χ1) is 8.69. The molecule has 1 aromatic carbocycles. The molecule has 0 radical (unpaired) electrons. The van der Waals surface area contributed by atoms with E-state index in [1.807, 2.05) is 6.07 Å². The van der Waals surface area contributed by atoms with Gasteiger partial charge in [-0.15, -0.1) is 0 Å². The summed E-state index contributed by atoms with van der Waals surface area (Å²) in [4.78, 5) is 0. The zero-order valence-electron chi connectivity index (χ0n) is 10.9. The van der Waals surface area contributed by atoms with Crippen LogP contribution in [0.25, 0.3) is 0 Å². The van der Waals surface area contributed by atoms with Gasteiger partial charge in [0.1, 0.15) is 5.82 Å². The summed E-state index contributed by atoms with van der Waals surface area (Å²) in [6.07, 6.45) is 7.77. The van der Waals surface area contributed by atoms with Gasteiger partial charge in [0.2, 0.25) is 0 Å². The Balaban J connectivity index is 1.87. The van der Waals surface area contributed by atoms with Crippen molar-refractivity contribution in [3.8, 4) is 0 Å². The largest absolute Gasteiger partial charge is 0.381 e. The molecule has 0 heterocycles. The predicted octanol–water partition coefficient (Wildman–Crippen LogP) is 5.36. The molecule has 0 aliphatic heterocycles. The summed E-state index contributed by atoms with van der Waals surface area (Å²) < 4.78 is 13.8. The summed E-state index contributed by atoms with van der Waals surface area (Å²) in [6, 6.07) is 5.39. The van der Waals surface area contributed by atoms with E-state index in [0.29, 0.717) is 6.04 Å². The summed E-state index contributed by atoms with van der Waals surface area (Å²) >= 11 is 3.41. The summed E-state index contributed by atoms with van der Waals surface area (Å²) in [5, 5.41) is 3.53. The highest BCUT2D eigenvalue weighted by Crippen LogP contribution is 2.31. The van der Waals surface area contributed by atoms with Gasteiger partial charge in [0.15, 0.2) is 0 Å². The van der Waals surface area contributed by atoms with Crippen LogP contribution in [0.3, 0.4) is 0 Å². The Hall–Kier alpha value is -0.570. The maximum atomic E-state index is 13.0. The highest BCUT2D eigenvalue weighted by molar-refractivity contribution is 9.10. The fourth-order valence-electron chi connectivity index (χ4n) is 2.83. The highest BCUT2D eigenvalue weighted by atomic mass is 79.9. The number of anilines is 1. The molecule has 0 aromatic heterocycles. The van der Waals surface area contributed by atoms with E-state index in [1.54, 1.807) is 0 Å². The van der Waals surface area contributed by atoms with E-state index >= 15 is 0 Å². The van der Waals surface area contributed by atoms with Gasteiger partial charge in [-0.3, -0.25) is 0 Å². The second kappa shape index (κ2) is 6.55. The highest BCUT2D eigenvalue weighted by Gasteiger charge is 2.20. The molecule has 0 atom stereocenters. The van der Waals surface area contributed by atoms with Crippen LogP contribution in [-0.2, 0) is 0 Å². The number of halogens is 2. The molecule has 1 saturated carbocycles. The maximum Gasteiger partial charge on any atom is 0.124 e. The van der Waals surface area contributed by atoms with E-state index in [-0.39, 0.29) is 5.82 Å². The Morgan fingerprint density at radius 1 is 1.28 bits per heavy atom. The molecule has 100 valence electrons. The van der Waals surface area contributed by atoms with Crippen molar-refractivity contribution in [2.75, 3.05) is 5.32 Å². The molecule has 18 heavy (non-hydrogen) atoms. The fourth-order valence-corrected chi connectivity index (χ4v) is 3.30.